The van der Waals surface area contributed by atoms with Crippen molar-refractivity contribution in [1.29, 1.82) is 0 Å². The van der Waals surface area contributed by atoms with Crippen molar-refractivity contribution in [2.75, 3.05) is 17.8 Å². The molecule has 2 aromatic heterocycles. The molecule has 3 heterocycles. The van der Waals surface area contributed by atoms with Gasteiger partial charge in [0.15, 0.2) is 0 Å². The summed E-state index contributed by atoms with van der Waals surface area (Å²) in [7, 11) is -3.73. The van der Waals surface area contributed by atoms with E-state index in [0.717, 1.165) is 29.3 Å². The second-order valence-corrected chi connectivity index (χ2v) is 10.6. The molecule has 0 radical (unpaired) electrons. The number of rotatable bonds is 6. The fourth-order valence-corrected chi connectivity index (χ4v) is 5.82. The monoisotopic (exact) mass is 509 g/mol. The van der Waals surface area contributed by atoms with Gasteiger partial charge in [-0.2, -0.15) is 0 Å². The topological polar surface area (TPSA) is 97.2 Å². The average Bonchev–Trinajstić information content (AvgIpc) is 3.28. The maximum atomic E-state index is 12.9. The fraction of sp³-hybridized carbons (Fsp3) is 0.240. The third-order valence-corrected chi connectivity index (χ3v) is 8.05. The number of likely N-dealkylation sites (tertiary alicyclic amines) is 1. The Morgan fingerprint density at radius 2 is 1.83 bits per heavy atom. The minimum Gasteiger partial charge on any atom is -0.341 e. The van der Waals surface area contributed by atoms with Crippen molar-refractivity contribution in [2.24, 2.45) is 0 Å². The lowest BCUT2D eigenvalue weighted by Crippen LogP contribution is -2.39. The van der Waals surface area contributed by atoms with Gasteiger partial charge in [-0.15, -0.1) is 0 Å². The number of carbonyl (C=O) groups excluding carboxylic acids is 1. The van der Waals surface area contributed by atoms with Crippen molar-refractivity contribution in [2.45, 2.75) is 30.2 Å². The van der Waals surface area contributed by atoms with Crippen molar-refractivity contribution < 1.29 is 13.2 Å². The van der Waals surface area contributed by atoms with Crippen LogP contribution in [-0.2, 0) is 21.4 Å². The number of para-hydroxylation sites is 1. The number of sulfonamides is 1. The van der Waals surface area contributed by atoms with Crippen molar-refractivity contribution in [1.82, 2.24) is 19.4 Å². The summed E-state index contributed by atoms with van der Waals surface area (Å²) in [5.41, 5.74) is 1.95. The molecule has 0 atom stereocenters. The number of amides is 1. The van der Waals surface area contributed by atoms with E-state index >= 15 is 0 Å². The van der Waals surface area contributed by atoms with E-state index in [1.54, 1.807) is 12.1 Å². The molecule has 0 spiro atoms. The smallest absolute Gasteiger partial charge is 0.263 e. The van der Waals surface area contributed by atoms with E-state index in [1.165, 1.54) is 18.6 Å². The summed E-state index contributed by atoms with van der Waals surface area (Å²) >= 11 is 6.35. The molecule has 1 aliphatic rings. The lowest BCUT2D eigenvalue weighted by molar-refractivity contribution is -0.132. The largest absolute Gasteiger partial charge is 0.341 e. The Bertz CT molecular complexity index is 1450. The minimum absolute atomic E-state index is 0.0677. The summed E-state index contributed by atoms with van der Waals surface area (Å²) in [4.78, 5) is 22.7. The van der Waals surface area contributed by atoms with E-state index in [0.29, 0.717) is 18.1 Å². The Labute approximate surface area is 208 Å². The number of halogens is 1. The number of carbonyl (C=O) groups is 1. The molecule has 2 aromatic carbocycles. The maximum absolute atomic E-state index is 12.9. The Balaban J connectivity index is 1.20. The zero-order chi connectivity index (χ0) is 24.4. The predicted molar refractivity (Wildman–Crippen MR) is 135 cm³/mol. The summed E-state index contributed by atoms with van der Waals surface area (Å²) in [6.07, 6.45) is 6.31. The summed E-state index contributed by atoms with van der Waals surface area (Å²) in [5, 5.41) is 1.65. The van der Waals surface area contributed by atoms with Gasteiger partial charge in [0.05, 0.1) is 15.4 Å². The molecule has 0 unspecified atom stereocenters. The van der Waals surface area contributed by atoms with Gasteiger partial charge in [-0.1, -0.05) is 35.9 Å². The first kappa shape index (κ1) is 23.3. The van der Waals surface area contributed by atoms with Gasteiger partial charge in [0, 0.05) is 30.9 Å². The summed E-state index contributed by atoms with van der Waals surface area (Å²) in [6, 6.07) is 16.1. The van der Waals surface area contributed by atoms with Crippen LogP contribution in [0.25, 0.3) is 10.9 Å². The molecule has 1 N–H and O–H groups in total. The molecule has 4 aromatic rings. The van der Waals surface area contributed by atoms with Gasteiger partial charge in [0.2, 0.25) is 5.91 Å². The molecule has 35 heavy (non-hydrogen) atoms. The Hall–Kier alpha value is -3.43. The maximum Gasteiger partial charge on any atom is 0.263 e. The van der Waals surface area contributed by atoms with Gasteiger partial charge >= 0.3 is 0 Å². The molecule has 1 saturated heterocycles. The zero-order valence-corrected chi connectivity index (χ0v) is 20.4. The summed E-state index contributed by atoms with van der Waals surface area (Å²) in [5.74, 6) is 0.557. The first-order valence-electron chi connectivity index (χ1n) is 11.3. The molecule has 5 rings (SSSR count). The molecule has 180 valence electrons. The molecular weight excluding hydrogens is 486 g/mol. The van der Waals surface area contributed by atoms with Gasteiger partial charge in [-0.05, 0) is 54.7 Å². The Morgan fingerprint density at radius 1 is 1.06 bits per heavy atom. The molecule has 0 aliphatic carbocycles. The van der Waals surface area contributed by atoms with E-state index < -0.39 is 10.0 Å². The van der Waals surface area contributed by atoms with Crippen molar-refractivity contribution in [3.63, 3.8) is 0 Å². The molecular formula is C25H24ClN5O3S. The van der Waals surface area contributed by atoms with E-state index in [2.05, 4.69) is 14.7 Å². The van der Waals surface area contributed by atoms with Crippen LogP contribution in [0.3, 0.4) is 0 Å². The molecule has 1 aliphatic heterocycles. The summed E-state index contributed by atoms with van der Waals surface area (Å²) in [6.45, 7) is 1.57. The normalized spacial score (nSPS) is 14.8. The van der Waals surface area contributed by atoms with Crippen LogP contribution in [0.5, 0.6) is 0 Å². The van der Waals surface area contributed by atoms with Gasteiger partial charge < -0.3 is 9.47 Å². The van der Waals surface area contributed by atoms with Gasteiger partial charge in [-0.3, -0.25) is 9.52 Å². The van der Waals surface area contributed by atoms with Crippen molar-refractivity contribution in [3.8, 4) is 0 Å². The molecule has 8 nitrogen and oxygen atoms in total. The minimum atomic E-state index is -3.73. The van der Waals surface area contributed by atoms with E-state index in [9.17, 15) is 13.2 Å². The highest BCUT2D eigenvalue weighted by Crippen LogP contribution is 2.30. The van der Waals surface area contributed by atoms with Crippen molar-refractivity contribution >= 4 is 44.3 Å². The molecule has 1 fully saturated rings. The van der Waals surface area contributed by atoms with Gasteiger partial charge in [0.25, 0.3) is 10.0 Å². The summed E-state index contributed by atoms with van der Waals surface area (Å²) < 4.78 is 29.6. The van der Waals surface area contributed by atoms with Crippen LogP contribution in [-0.4, -0.2) is 46.8 Å². The number of nitrogens with one attached hydrogen (secondary N) is 1. The first-order valence-corrected chi connectivity index (χ1v) is 13.2. The van der Waals surface area contributed by atoms with E-state index in [1.807, 2.05) is 52.1 Å². The van der Waals surface area contributed by atoms with Crippen molar-refractivity contribution in [3.05, 3.63) is 83.9 Å². The Morgan fingerprint density at radius 3 is 2.54 bits per heavy atom. The number of nitrogens with zero attached hydrogens (tertiary/aromatic N) is 4. The fourth-order valence-electron chi connectivity index (χ4n) is 4.52. The molecule has 10 heteroatoms. The quantitative estimate of drug-likeness (QED) is 0.418. The third-order valence-electron chi connectivity index (χ3n) is 6.38. The average molecular weight is 510 g/mol. The highest BCUT2D eigenvalue weighted by Gasteiger charge is 2.25. The van der Waals surface area contributed by atoms with Gasteiger partial charge in [0.1, 0.15) is 18.7 Å². The third kappa shape index (κ3) is 5.01. The van der Waals surface area contributed by atoms with Crippen LogP contribution in [0.2, 0.25) is 5.02 Å². The highest BCUT2D eigenvalue weighted by molar-refractivity contribution is 7.92. The molecule has 0 saturated carbocycles. The first-order chi connectivity index (χ1) is 16.9. The van der Waals surface area contributed by atoms with Crippen LogP contribution >= 0.6 is 11.6 Å². The number of anilines is 1. The lowest BCUT2D eigenvalue weighted by atomic mass is 9.89. The zero-order valence-electron chi connectivity index (χ0n) is 18.8. The number of hydrogen-bond acceptors (Lipinski definition) is 5. The number of benzene rings is 2. The number of aromatic nitrogens is 3. The second-order valence-electron chi connectivity index (χ2n) is 8.55. The predicted octanol–water partition coefficient (Wildman–Crippen LogP) is 4.29. The van der Waals surface area contributed by atoms with Gasteiger partial charge in [-0.25, -0.2) is 18.4 Å². The van der Waals surface area contributed by atoms with Crippen LogP contribution in [0.4, 0.5) is 5.82 Å². The Kier molecular flexibility index (Phi) is 6.44. The second kappa shape index (κ2) is 9.67. The van der Waals surface area contributed by atoms with Crippen LogP contribution in [0.1, 0.15) is 24.3 Å². The van der Waals surface area contributed by atoms with Crippen LogP contribution < -0.4 is 4.72 Å². The molecule has 1 amide bonds. The number of piperidine rings is 1. The SMILES string of the molecule is O=C(Cn1ccc2cccc(Cl)c21)N1CCC(c2ccc(S(=O)(=O)Nc3ccncn3)cc2)CC1. The van der Waals surface area contributed by atoms with Crippen LogP contribution in [0.15, 0.2) is 78.2 Å². The number of fused-ring (bicyclic) bond motifs is 1. The van der Waals surface area contributed by atoms with E-state index in [4.69, 9.17) is 11.6 Å². The van der Waals surface area contributed by atoms with E-state index in [-0.39, 0.29) is 29.1 Å². The van der Waals surface area contributed by atoms with Crippen LogP contribution in [0, 0.1) is 0 Å². The molecule has 0 bridgehead atoms. The number of hydrogen-bond donors (Lipinski definition) is 1. The highest BCUT2D eigenvalue weighted by atomic mass is 35.5. The standard InChI is InChI=1S/C25H24ClN5O3S/c26-22-3-1-2-20-11-15-31(25(20)22)16-24(32)30-13-9-19(10-14-30)18-4-6-21(7-5-18)35(33,34)29-23-8-12-27-17-28-23/h1-8,11-12,15,17,19H,9-10,13-14,16H2,(H,27,28,29). The lowest BCUT2D eigenvalue weighted by Gasteiger charge is -2.32.